The minimum Gasteiger partial charge on any atom is -0.347 e. The lowest BCUT2D eigenvalue weighted by Gasteiger charge is -2.14. The minimum absolute atomic E-state index is 0.0335. The van der Waals surface area contributed by atoms with Gasteiger partial charge in [-0.1, -0.05) is 6.92 Å². The summed E-state index contributed by atoms with van der Waals surface area (Å²) in [6, 6.07) is 2.08. The molecule has 0 aliphatic carbocycles. The number of rotatable bonds is 7. The molecule has 0 radical (unpaired) electrons. The average molecular weight is 306 g/mol. The van der Waals surface area contributed by atoms with Crippen molar-refractivity contribution >= 4 is 17.2 Å². The van der Waals surface area contributed by atoms with E-state index in [1.165, 1.54) is 0 Å². The van der Waals surface area contributed by atoms with Crippen molar-refractivity contribution in [1.29, 1.82) is 0 Å². The number of hydrogen-bond acceptors (Lipinski definition) is 4. The fourth-order valence-electron chi connectivity index (χ4n) is 2.30. The average Bonchev–Trinajstić information content (AvgIpc) is 3.06. The summed E-state index contributed by atoms with van der Waals surface area (Å²) in [4.78, 5) is 16.3. The normalized spacial score (nSPS) is 12.3. The van der Waals surface area contributed by atoms with Crippen molar-refractivity contribution in [1.82, 2.24) is 20.1 Å². The van der Waals surface area contributed by atoms with Crippen LogP contribution in [0.15, 0.2) is 17.6 Å². The molecule has 5 nitrogen and oxygen atoms in total. The first-order valence-electron chi connectivity index (χ1n) is 7.30. The molecule has 0 saturated carbocycles. The van der Waals surface area contributed by atoms with Gasteiger partial charge in [0.1, 0.15) is 5.01 Å². The van der Waals surface area contributed by atoms with Gasteiger partial charge in [0.05, 0.1) is 11.7 Å². The minimum atomic E-state index is 0.0335. The molecule has 0 unspecified atom stereocenters. The molecule has 2 rings (SSSR count). The van der Waals surface area contributed by atoms with Gasteiger partial charge < -0.3 is 5.32 Å². The SMILES string of the molecule is CC[C@H](NC(=O)CCCn1nc(C)cc1C)c1nccs1. The molecule has 1 atom stereocenters. The highest BCUT2D eigenvalue weighted by atomic mass is 32.1. The van der Waals surface area contributed by atoms with Crippen LogP contribution >= 0.6 is 11.3 Å². The van der Waals surface area contributed by atoms with E-state index in [1.54, 1.807) is 17.5 Å². The van der Waals surface area contributed by atoms with E-state index >= 15 is 0 Å². The number of nitrogens with zero attached hydrogens (tertiary/aromatic N) is 3. The highest BCUT2D eigenvalue weighted by molar-refractivity contribution is 7.09. The number of aromatic nitrogens is 3. The maximum Gasteiger partial charge on any atom is 0.220 e. The van der Waals surface area contributed by atoms with E-state index in [-0.39, 0.29) is 11.9 Å². The molecule has 114 valence electrons. The fourth-order valence-corrected chi connectivity index (χ4v) is 3.07. The zero-order chi connectivity index (χ0) is 15.2. The number of aryl methyl sites for hydroxylation is 3. The first-order valence-corrected chi connectivity index (χ1v) is 8.18. The number of carbonyl (C=O) groups excluding carboxylic acids is 1. The summed E-state index contributed by atoms with van der Waals surface area (Å²) in [6.45, 7) is 6.86. The van der Waals surface area contributed by atoms with Crippen LogP contribution in [0, 0.1) is 13.8 Å². The Hall–Kier alpha value is -1.69. The molecule has 0 aliphatic heterocycles. The Morgan fingerprint density at radius 1 is 1.48 bits per heavy atom. The van der Waals surface area contributed by atoms with Gasteiger partial charge in [-0.15, -0.1) is 11.3 Å². The number of carbonyl (C=O) groups is 1. The summed E-state index contributed by atoms with van der Waals surface area (Å²) in [5, 5.41) is 10.4. The van der Waals surface area contributed by atoms with Gasteiger partial charge in [0.2, 0.25) is 5.91 Å². The van der Waals surface area contributed by atoms with E-state index in [0.717, 1.165) is 35.8 Å². The van der Waals surface area contributed by atoms with Gasteiger partial charge >= 0.3 is 0 Å². The number of amides is 1. The number of hydrogen-bond donors (Lipinski definition) is 1. The van der Waals surface area contributed by atoms with Crippen LogP contribution in [0.2, 0.25) is 0 Å². The van der Waals surface area contributed by atoms with E-state index in [4.69, 9.17) is 0 Å². The second-order valence-corrected chi connectivity index (χ2v) is 6.08. The van der Waals surface area contributed by atoms with Crippen LogP contribution in [0.5, 0.6) is 0 Å². The van der Waals surface area contributed by atoms with Crippen LogP contribution in [0.3, 0.4) is 0 Å². The van der Waals surface area contributed by atoms with Gasteiger partial charge in [-0.3, -0.25) is 9.48 Å². The molecular weight excluding hydrogens is 284 g/mol. The Kier molecular flexibility index (Phi) is 5.50. The number of nitrogens with one attached hydrogen (secondary N) is 1. The van der Waals surface area contributed by atoms with Gasteiger partial charge in [0, 0.05) is 30.2 Å². The predicted octanol–water partition coefficient (Wildman–Crippen LogP) is 3.00. The van der Waals surface area contributed by atoms with Gasteiger partial charge in [0.15, 0.2) is 0 Å². The summed E-state index contributed by atoms with van der Waals surface area (Å²) in [5.41, 5.74) is 2.16. The summed E-state index contributed by atoms with van der Waals surface area (Å²) >= 11 is 1.58. The molecule has 0 aromatic carbocycles. The molecule has 6 heteroatoms. The van der Waals surface area contributed by atoms with Crippen molar-refractivity contribution in [2.24, 2.45) is 0 Å². The lowest BCUT2D eigenvalue weighted by atomic mass is 10.2. The Morgan fingerprint density at radius 3 is 2.86 bits per heavy atom. The highest BCUT2D eigenvalue weighted by Crippen LogP contribution is 2.18. The first-order chi connectivity index (χ1) is 10.1. The molecule has 0 fully saturated rings. The Morgan fingerprint density at radius 2 is 2.29 bits per heavy atom. The van der Waals surface area contributed by atoms with Crippen molar-refractivity contribution in [2.45, 2.75) is 52.6 Å². The summed E-state index contributed by atoms with van der Waals surface area (Å²) in [7, 11) is 0. The van der Waals surface area contributed by atoms with Crippen LogP contribution in [0.25, 0.3) is 0 Å². The maximum absolute atomic E-state index is 12.0. The van der Waals surface area contributed by atoms with Crippen LogP contribution in [0.1, 0.15) is 48.6 Å². The lowest BCUT2D eigenvalue weighted by Crippen LogP contribution is -2.28. The van der Waals surface area contributed by atoms with E-state index < -0.39 is 0 Å². The predicted molar refractivity (Wildman–Crippen MR) is 84.2 cm³/mol. The van der Waals surface area contributed by atoms with E-state index in [2.05, 4.69) is 28.4 Å². The molecule has 21 heavy (non-hydrogen) atoms. The Labute approximate surface area is 129 Å². The largest absolute Gasteiger partial charge is 0.347 e. The van der Waals surface area contributed by atoms with Crippen molar-refractivity contribution < 1.29 is 4.79 Å². The van der Waals surface area contributed by atoms with Gasteiger partial charge in [-0.2, -0.15) is 5.10 Å². The first kappa shape index (κ1) is 15.7. The molecule has 0 aliphatic rings. The third kappa shape index (κ3) is 4.39. The standard InChI is InChI=1S/C15H22N4OS/c1-4-13(15-16-7-9-21-15)17-14(20)6-5-8-19-12(3)10-11(2)18-19/h7,9-10,13H,4-6,8H2,1-3H3,(H,17,20)/t13-/m0/s1. The van der Waals surface area contributed by atoms with Crippen LogP contribution in [0.4, 0.5) is 0 Å². The summed E-state index contributed by atoms with van der Waals surface area (Å²) < 4.78 is 1.96. The van der Waals surface area contributed by atoms with Gasteiger partial charge in [-0.25, -0.2) is 4.98 Å². The Bertz CT molecular complexity index is 577. The molecule has 2 heterocycles. The van der Waals surface area contributed by atoms with Crippen molar-refractivity contribution in [2.75, 3.05) is 0 Å². The molecule has 0 saturated heterocycles. The van der Waals surface area contributed by atoms with Crippen LogP contribution in [-0.4, -0.2) is 20.7 Å². The van der Waals surface area contributed by atoms with Crippen LogP contribution < -0.4 is 5.32 Å². The molecule has 2 aromatic rings. The summed E-state index contributed by atoms with van der Waals surface area (Å²) in [6.07, 6.45) is 3.94. The quantitative estimate of drug-likeness (QED) is 0.855. The number of thiazole rings is 1. The second-order valence-electron chi connectivity index (χ2n) is 5.15. The monoisotopic (exact) mass is 306 g/mol. The third-order valence-electron chi connectivity index (χ3n) is 3.37. The van der Waals surface area contributed by atoms with E-state index in [0.29, 0.717) is 6.42 Å². The van der Waals surface area contributed by atoms with Gasteiger partial charge in [-0.05, 0) is 32.8 Å². The van der Waals surface area contributed by atoms with Gasteiger partial charge in [0.25, 0.3) is 0 Å². The topological polar surface area (TPSA) is 59.8 Å². The van der Waals surface area contributed by atoms with Crippen molar-refractivity contribution in [3.05, 3.63) is 34.0 Å². The smallest absolute Gasteiger partial charge is 0.220 e. The Balaban J connectivity index is 1.78. The zero-order valence-electron chi connectivity index (χ0n) is 12.8. The lowest BCUT2D eigenvalue weighted by molar-refractivity contribution is -0.122. The van der Waals surface area contributed by atoms with Crippen LogP contribution in [-0.2, 0) is 11.3 Å². The molecule has 2 aromatic heterocycles. The highest BCUT2D eigenvalue weighted by Gasteiger charge is 2.14. The van der Waals surface area contributed by atoms with Crippen molar-refractivity contribution in [3.63, 3.8) is 0 Å². The zero-order valence-corrected chi connectivity index (χ0v) is 13.6. The second kappa shape index (κ2) is 7.36. The maximum atomic E-state index is 12.0. The van der Waals surface area contributed by atoms with E-state index in [1.807, 2.05) is 23.9 Å². The molecule has 0 spiro atoms. The van der Waals surface area contributed by atoms with E-state index in [9.17, 15) is 4.79 Å². The third-order valence-corrected chi connectivity index (χ3v) is 4.26. The molecule has 1 amide bonds. The summed E-state index contributed by atoms with van der Waals surface area (Å²) in [5.74, 6) is 0.0820. The fraction of sp³-hybridized carbons (Fsp3) is 0.533. The molecule has 1 N–H and O–H groups in total. The molecule has 0 bridgehead atoms. The van der Waals surface area contributed by atoms with Crippen molar-refractivity contribution in [3.8, 4) is 0 Å². The molecular formula is C15H22N4OS.